The van der Waals surface area contributed by atoms with E-state index in [-0.39, 0.29) is 11.9 Å². The zero-order valence-corrected chi connectivity index (χ0v) is 12.0. The molecule has 2 heterocycles. The fraction of sp³-hybridized carbons (Fsp3) is 0.471. The molecule has 2 N–H and O–H groups in total. The first kappa shape index (κ1) is 12.9. The summed E-state index contributed by atoms with van der Waals surface area (Å²) < 4.78 is 5.70. The maximum absolute atomic E-state index is 12.7. The van der Waals surface area contributed by atoms with Crippen LogP contribution in [0.15, 0.2) is 34.7 Å². The van der Waals surface area contributed by atoms with Crippen LogP contribution in [-0.2, 0) is 0 Å². The average Bonchev–Trinajstić information content (AvgIpc) is 3.11. The lowest BCUT2D eigenvalue weighted by Gasteiger charge is -2.29. The fourth-order valence-electron chi connectivity index (χ4n) is 3.93. The third kappa shape index (κ3) is 2.14. The predicted molar refractivity (Wildman–Crippen MR) is 80.9 cm³/mol. The van der Waals surface area contributed by atoms with Crippen molar-refractivity contribution in [3.05, 3.63) is 36.1 Å². The van der Waals surface area contributed by atoms with Gasteiger partial charge in [0.2, 0.25) is 0 Å². The fourth-order valence-corrected chi connectivity index (χ4v) is 3.93. The number of likely N-dealkylation sites (tertiary alicyclic amines) is 1. The van der Waals surface area contributed by atoms with E-state index in [1.54, 1.807) is 0 Å². The number of rotatable bonds is 1. The number of carbonyl (C=O) groups excluding carboxylic acids is 1. The van der Waals surface area contributed by atoms with Gasteiger partial charge in [0.15, 0.2) is 5.76 Å². The summed E-state index contributed by atoms with van der Waals surface area (Å²) in [5, 5.41) is 0.981. The third-order valence-electron chi connectivity index (χ3n) is 5.08. The molecule has 1 aliphatic carbocycles. The van der Waals surface area contributed by atoms with Crippen LogP contribution in [0.1, 0.15) is 29.8 Å². The molecule has 2 fully saturated rings. The molecule has 0 radical (unpaired) electrons. The van der Waals surface area contributed by atoms with Gasteiger partial charge in [-0.15, -0.1) is 0 Å². The Morgan fingerprint density at radius 2 is 2.10 bits per heavy atom. The van der Waals surface area contributed by atoms with E-state index in [0.29, 0.717) is 17.6 Å². The van der Waals surface area contributed by atoms with Crippen LogP contribution >= 0.6 is 0 Å². The van der Waals surface area contributed by atoms with Crippen molar-refractivity contribution in [2.75, 3.05) is 13.1 Å². The molecular weight excluding hydrogens is 264 g/mol. The third-order valence-corrected chi connectivity index (χ3v) is 5.08. The number of benzene rings is 1. The van der Waals surface area contributed by atoms with Gasteiger partial charge in [0.1, 0.15) is 5.58 Å². The number of hydrogen-bond acceptors (Lipinski definition) is 3. The van der Waals surface area contributed by atoms with E-state index in [0.717, 1.165) is 30.5 Å². The largest absolute Gasteiger partial charge is 0.451 e. The second-order valence-electron chi connectivity index (χ2n) is 6.38. The van der Waals surface area contributed by atoms with Gasteiger partial charge in [-0.05, 0) is 36.8 Å². The van der Waals surface area contributed by atoms with Crippen LogP contribution in [0.2, 0.25) is 0 Å². The summed E-state index contributed by atoms with van der Waals surface area (Å²) >= 11 is 0. The quantitative estimate of drug-likeness (QED) is 0.875. The Balaban J connectivity index is 1.57. The number of carbonyl (C=O) groups is 1. The van der Waals surface area contributed by atoms with Gasteiger partial charge >= 0.3 is 0 Å². The van der Waals surface area contributed by atoms with E-state index in [4.69, 9.17) is 10.2 Å². The monoisotopic (exact) mass is 284 g/mol. The lowest BCUT2D eigenvalue weighted by atomic mass is 9.78. The second kappa shape index (κ2) is 4.88. The van der Waals surface area contributed by atoms with Gasteiger partial charge in [-0.1, -0.05) is 24.6 Å². The number of nitrogens with two attached hydrogens (primary N) is 1. The van der Waals surface area contributed by atoms with Crippen molar-refractivity contribution in [1.82, 2.24) is 4.90 Å². The van der Waals surface area contributed by atoms with E-state index >= 15 is 0 Å². The highest BCUT2D eigenvalue weighted by atomic mass is 16.3. The second-order valence-corrected chi connectivity index (χ2v) is 6.38. The highest BCUT2D eigenvalue weighted by Crippen LogP contribution is 2.36. The minimum atomic E-state index is 0.00722. The summed E-state index contributed by atoms with van der Waals surface area (Å²) in [5.74, 6) is 1.49. The molecule has 1 aromatic carbocycles. The van der Waals surface area contributed by atoms with E-state index < -0.39 is 0 Å². The topological polar surface area (TPSA) is 59.5 Å². The molecule has 0 spiro atoms. The van der Waals surface area contributed by atoms with Gasteiger partial charge in [0.05, 0.1) is 0 Å². The molecule has 1 aromatic heterocycles. The first-order valence-corrected chi connectivity index (χ1v) is 7.76. The first-order valence-electron chi connectivity index (χ1n) is 7.76. The molecule has 3 atom stereocenters. The molecule has 21 heavy (non-hydrogen) atoms. The lowest BCUT2D eigenvalue weighted by Crippen LogP contribution is -2.38. The number of hydrogen-bond donors (Lipinski definition) is 1. The maximum Gasteiger partial charge on any atom is 0.289 e. The Kier molecular flexibility index (Phi) is 3.00. The molecule has 2 aliphatic rings. The Labute approximate surface area is 123 Å². The molecule has 1 amide bonds. The van der Waals surface area contributed by atoms with Gasteiger partial charge in [-0.3, -0.25) is 4.79 Å². The van der Waals surface area contributed by atoms with Crippen molar-refractivity contribution in [2.24, 2.45) is 17.6 Å². The zero-order valence-electron chi connectivity index (χ0n) is 12.0. The zero-order chi connectivity index (χ0) is 14.4. The minimum Gasteiger partial charge on any atom is -0.451 e. The van der Waals surface area contributed by atoms with Crippen molar-refractivity contribution < 1.29 is 9.21 Å². The van der Waals surface area contributed by atoms with Crippen LogP contribution in [0.4, 0.5) is 0 Å². The number of furan rings is 1. The van der Waals surface area contributed by atoms with E-state index in [1.807, 2.05) is 35.2 Å². The van der Waals surface area contributed by atoms with Crippen molar-refractivity contribution >= 4 is 16.9 Å². The van der Waals surface area contributed by atoms with Crippen LogP contribution in [-0.4, -0.2) is 29.9 Å². The summed E-state index contributed by atoms with van der Waals surface area (Å²) in [7, 11) is 0. The van der Waals surface area contributed by atoms with E-state index in [2.05, 4.69) is 0 Å². The van der Waals surface area contributed by atoms with Crippen LogP contribution in [0, 0.1) is 11.8 Å². The Bertz CT molecular complexity index is 645. The SMILES string of the molecule is NC1CCCC2CN(C(=O)c3cc4ccccc4o3)CC12. The summed E-state index contributed by atoms with van der Waals surface area (Å²) in [4.78, 5) is 14.6. The van der Waals surface area contributed by atoms with Gasteiger partial charge in [-0.2, -0.15) is 0 Å². The highest BCUT2D eigenvalue weighted by Gasteiger charge is 2.41. The van der Waals surface area contributed by atoms with Gasteiger partial charge in [-0.25, -0.2) is 0 Å². The number of nitrogens with zero attached hydrogens (tertiary/aromatic N) is 1. The van der Waals surface area contributed by atoms with Gasteiger partial charge in [0.25, 0.3) is 5.91 Å². The molecule has 1 saturated heterocycles. The molecule has 4 rings (SSSR count). The van der Waals surface area contributed by atoms with Gasteiger partial charge < -0.3 is 15.1 Å². The molecule has 110 valence electrons. The van der Waals surface area contributed by atoms with Crippen molar-refractivity contribution in [3.63, 3.8) is 0 Å². The number of para-hydroxylation sites is 1. The Morgan fingerprint density at radius 3 is 2.90 bits per heavy atom. The van der Waals surface area contributed by atoms with Crippen LogP contribution < -0.4 is 5.73 Å². The predicted octanol–water partition coefficient (Wildman–Crippen LogP) is 2.63. The minimum absolute atomic E-state index is 0.00722. The first-order chi connectivity index (χ1) is 10.2. The molecule has 1 saturated carbocycles. The van der Waals surface area contributed by atoms with Crippen LogP contribution in [0.3, 0.4) is 0 Å². The van der Waals surface area contributed by atoms with Crippen molar-refractivity contribution in [3.8, 4) is 0 Å². The maximum atomic E-state index is 12.7. The lowest BCUT2D eigenvalue weighted by molar-refractivity contribution is 0.0754. The van der Waals surface area contributed by atoms with E-state index in [9.17, 15) is 4.79 Å². The summed E-state index contributed by atoms with van der Waals surface area (Å²) in [6, 6.07) is 9.83. The number of amides is 1. The molecule has 1 aliphatic heterocycles. The Morgan fingerprint density at radius 1 is 1.24 bits per heavy atom. The molecule has 4 heteroatoms. The highest BCUT2D eigenvalue weighted by molar-refractivity contribution is 5.96. The van der Waals surface area contributed by atoms with Crippen LogP contribution in [0.5, 0.6) is 0 Å². The molecule has 0 bridgehead atoms. The van der Waals surface area contributed by atoms with Gasteiger partial charge in [0, 0.05) is 24.5 Å². The van der Waals surface area contributed by atoms with Crippen LogP contribution in [0.25, 0.3) is 11.0 Å². The Hall–Kier alpha value is -1.81. The smallest absolute Gasteiger partial charge is 0.289 e. The molecule has 2 aromatic rings. The molecular formula is C17H20N2O2. The van der Waals surface area contributed by atoms with Crippen molar-refractivity contribution in [2.45, 2.75) is 25.3 Å². The standard InChI is InChI=1S/C17H20N2O2/c18-14-6-3-5-12-9-19(10-13(12)14)17(20)16-8-11-4-1-2-7-15(11)21-16/h1-2,4,7-8,12-14H,3,5-6,9-10,18H2. The summed E-state index contributed by atoms with van der Waals surface area (Å²) in [6.07, 6.45) is 3.48. The molecule has 4 nitrogen and oxygen atoms in total. The van der Waals surface area contributed by atoms with Crippen molar-refractivity contribution in [1.29, 1.82) is 0 Å². The normalized spacial score (nSPS) is 28.8. The summed E-state index contributed by atoms with van der Waals surface area (Å²) in [5.41, 5.74) is 6.99. The number of fused-ring (bicyclic) bond motifs is 2. The summed E-state index contributed by atoms with van der Waals surface area (Å²) in [6.45, 7) is 1.61. The molecule has 3 unspecified atom stereocenters. The van der Waals surface area contributed by atoms with E-state index in [1.165, 1.54) is 12.8 Å². The average molecular weight is 284 g/mol.